The molecule has 12 heteroatoms. The first kappa shape index (κ1) is 20.0. The quantitative estimate of drug-likeness (QED) is 0.517. The van der Waals surface area contributed by atoms with E-state index in [1.54, 1.807) is 33.0 Å². The van der Waals surface area contributed by atoms with Gasteiger partial charge in [0.1, 0.15) is 11.3 Å². The zero-order chi connectivity index (χ0) is 20.3. The zero-order valence-corrected chi connectivity index (χ0v) is 17.0. The number of fused-ring (bicyclic) bond motifs is 3. The van der Waals surface area contributed by atoms with E-state index >= 15 is 0 Å². The largest absolute Gasteiger partial charge is 0.444 e. The summed E-state index contributed by atoms with van der Waals surface area (Å²) in [4.78, 5) is 16.3. The van der Waals surface area contributed by atoms with Crippen LogP contribution in [0.25, 0.3) is 16.7 Å². The van der Waals surface area contributed by atoms with Gasteiger partial charge >= 0.3 is 6.09 Å². The van der Waals surface area contributed by atoms with Crippen molar-refractivity contribution in [1.29, 1.82) is 0 Å². The molecule has 0 radical (unpaired) electrons. The van der Waals surface area contributed by atoms with Gasteiger partial charge in [-0.1, -0.05) is 0 Å². The number of nitrogens with zero attached hydrogens (tertiary/aromatic N) is 5. The minimum Gasteiger partial charge on any atom is -0.444 e. The molecule has 0 saturated carbocycles. The fraction of sp³-hybridized carbons (Fsp3) is 0.438. The van der Waals surface area contributed by atoms with Crippen molar-refractivity contribution in [2.45, 2.75) is 32.4 Å². The number of tetrazole rings is 1. The molecular weight excluding hydrogens is 383 g/mol. The molecule has 3 aromatic heterocycles. The predicted octanol–water partition coefficient (Wildman–Crippen LogP) is 1.37. The highest BCUT2D eigenvalue weighted by molar-refractivity contribution is 7.09. The van der Waals surface area contributed by atoms with E-state index in [0.29, 0.717) is 22.7 Å². The van der Waals surface area contributed by atoms with Crippen molar-refractivity contribution in [2.24, 2.45) is 0 Å². The maximum Gasteiger partial charge on any atom is 0.407 e. The van der Waals surface area contributed by atoms with Crippen LogP contribution in [-0.4, -0.2) is 55.9 Å². The first-order valence-electron chi connectivity index (χ1n) is 8.59. The second-order valence-corrected chi connectivity index (χ2v) is 7.47. The van der Waals surface area contributed by atoms with Crippen LogP contribution >= 0.6 is 9.47 Å². The molecule has 1 unspecified atom stereocenters. The average molecular weight is 406 g/mol. The smallest absolute Gasteiger partial charge is 0.407 e. The van der Waals surface area contributed by atoms with Gasteiger partial charge in [0.05, 0.1) is 18.3 Å². The van der Waals surface area contributed by atoms with E-state index in [0.717, 1.165) is 5.39 Å². The minimum absolute atomic E-state index is 0.251. The Morgan fingerprint density at radius 2 is 2.18 bits per heavy atom. The van der Waals surface area contributed by atoms with Crippen molar-refractivity contribution < 1.29 is 14.1 Å². The summed E-state index contributed by atoms with van der Waals surface area (Å²) in [6, 6.07) is 3.36. The fourth-order valence-electron chi connectivity index (χ4n) is 2.66. The lowest BCUT2D eigenvalue weighted by Gasteiger charge is -2.24. The summed E-state index contributed by atoms with van der Waals surface area (Å²) in [6.07, 6.45) is 1.14. The van der Waals surface area contributed by atoms with Crippen molar-refractivity contribution >= 4 is 43.6 Å². The number of amides is 1. The maximum absolute atomic E-state index is 12.0. The Balaban J connectivity index is 1.87. The third-order valence-corrected chi connectivity index (χ3v) is 3.97. The van der Waals surface area contributed by atoms with Gasteiger partial charge in [0.2, 0.25) is 5.65 Å². The number of carbonyl (C=O) groups excluding carboxylic acids is 1. The van der Waals surface area contributed by atoms with E-state index in [1.165, 1.54) is 4.52 Å². The number of nitrogens with one attached hydrogen (secondary N) is 2. The number of aromatic nitrogens is 5. The molecule has 0 aliphatic rings. The minimum atomic E-state index is -0.581. The molecule has 150 valence electrons. The number of nitrogens with two attached hydrogens (primary N) is 1. The van der Waals surface area contributed by atoms with Gasteiger partial charge in [0.25, 0.3) is 0 Å². The van der Waals surface area contributed by atoms with Crippen molar-refractivity contribution in [3.8, 4) is 0 Å². The van der Waals surface area contributed by atoms with Crippen LogP contribution in [0.2, 0.25) is 0 Å². The average Bonchev–Trinajstić information content (AvgIpc) is 3.12. The van der Waals surface area contributed by atoms with E-state index < -0.39 is 11.7 Å². The van der Waals surface area contributed by atoms with Gasteiger partial charge in [0, 0.05) is 27.6 Å². The number of alkyl carbamates (subject to hydrolysis) is 1. The molecule has 0 aromatic carbocycles. The molecule has 4 N–H and O–H groups in total. The number of pyridine rings is 2. The van der Waals surface area contributed by atoms with Gasteiger partial charge in [-0.3, -0.25) is 0 Å². The lowest BCUT2D eigenvalue weighted by molar-refractivity contribution is 0.0524. The highest BCUT2D eigenvalue weighted by atomic mass is 31.0. The fourth-order valence-corrected chi connectivity index (χ4v) is 2.90. The number of nitrogen functional groups attached to an aromatic ring is 1. The van der Waals surface area contributed by atoms with Crippen LogP contribution in [0.3, 0.4) is 0 Å². The van der Waals surface area contributed by atoms with Crippen LogP contribution in [0.4, 0.5) is 16.2 Å². The van der Waals surface area contributed by atoms with Crippen LogP contribution in [0, 0.1) is 0 Å². The molecule has 0 bridgehead atoms. The van der Waals surface area contributed by atoms with E-state index in [-0.39, 0.29) is 19.2 Å². The van der Waals surface area contributed by atoms with Crippen LogP contribution in [0.15, 0.2) is 18.3 Å². The van der Waals surface area contributed by atoms with Gasteiger partial charge in [-0.05, 0) is 43.3 Å². The molecule has 3 rings (SSSR count). The van der Waals surface area contributed by atoms with Crippen LogP contribution < -0.4 is 16.4 Å². The maximum atomic E-state index is 12.0. The standard InChI is InChI=1S/C16H23N8O3P/c1-16(2,3)27-15(25)19-7-9(8-26-28)20-12-10-5-4-6-18-13(10)24-14(11(12)17)21-22-23-24/h4-6,9,20H,7-8,17,28H2,1-3H3,(H,19,25)/t9-/m0/s1. The highest BCUT2D eigenvalue weighted by Crippen LogP contribution is 2.31. The Bertz CT molecular complexity index is 987. The number of carbonyl (C=O) groups is 1. The summed E-state index contributed by atoms with van der Waals surface area (Å²) in [5.74, 6) is 0. The summed E-state index contributed by atoms with van der Waals surface area (Å²) >= 11 is 0. The first-order valence-corrected chi connectivity index (χ1v) is 9.06. The summed E-state index contributed by atoms with van der Waals surface area (Å²) < 4.78 is 11.9. The molecule has 0 aliphatic heterocycles. The van der Waals surface area contributed by atoms with Crippen LogP contribution in [0.1, 0.15) is 20.8 Å². The predicted molar refractivity (Wildman–Crippen MR) is 108 cm³/mol. The Labute approximate surface area is 163 Å². The van der Waals surface area contributed by atoms with Crippen molar-refractivity contribution in [3.05, 3.63) is 18.3 Å². The summed E-state index contributed by atoms with van der Waals surface area (Å²) in [6.45, 7) is 5.94. The number of hydrogen-bond donors (Lipinski definition) is 3. The Hall–Kier alpha value is -2.78. The highest BCUT2D eigenvalue weighted by Gasteiger charge is 2.21. The van der Waals surface area contributed by atoms with Gasteiger partial charge in [-0.25, -0.2) is 9.78 Å². The lowest BCUT2D eigenvalue weighted by Crippen LogP contribution is -2.41. The summed E-state index contributed by atoms with van der Waals surface area (Å²) in [5, 5.41) is 18.4. The Kier molecular flexibility index (Phi) is 5.76. The third-order valence-electron chi connectivity index (χ3n) is 3.77. The normalized spacial score (nSPS) is 12.9. The SMILES string of the molecule is CC(C)(C)OC(=O)NC[C@@H](COP)Nc1c(N)c2nnnn2c2ncccc12. The molecule has 1 amide bonds. The number of anilines is 2. The number of rotatable bonds is 6. The lowest BCUT2D eigenvalue weighted by atomic mass is 10.2. The first-order chi connectivity index (χ1) is 13.3. The molecule has 0 aliphatic carbocycles. The number of ether oxygens (including phenoxy) is 1. The summed E-state index contributed by atoms with van der Waals surface area (Å²) in [7, 11) is 2.19. The zero-order valence-electron chi connectivity index (χ0n) is 15.8. The van der Waals surface area contributed by atoms with Gasteiger partial charge in [-0.15, -0.1) is 5.10 Å². The topological polar surface area (TPSA) is 142 Å². The van der Waals surface area contributed by atoms with E-state index in [1.807, 2.05) is 6.07 Å². The third kappa shape index (κ3) is 4.37. The van der Waals surface area contributed by atoms with Crippen molar-refractivity contribution in [3.63, 3.8) is 0 Å². The molecule has 11 nitrogen and oxygen atoms in total. The van der Waals surface area contributed by atoms with Crippen molar-refractivity contribution in [2.75, 3.05) is 24.2 Å². The molecule has 3 heterocycles. The van der Waals surface area contributed by atoms with Gasteiger partial charge in [-0.2, -0.15) is 4.52 Å². The second-order valence-electron chi connectivity index (χ2n) is 7.13. The van der Waals surface area contributed by atoms with E-state index in [4.69, 9.17) is 15.0 Å². The van der Waals surface area contributed by atoms with Gasteiger partial charge < -0.3 is 25.6 Å². The van der Waals surface area contributed by atoms with E-state index in [2.05, 4.69) is 40.6 Å². The van der Waals surface area contributed by atoms with E-state index in [9.17, 15) is 4.79 Å². The molecule has 0 fully saturated rings. The van der Waals surface area contributed by atoms with Gasteiger partial charge in [0.15, 0.2) is 5.65 Å². The number of hydrogen-bond acceptors (Lipinski definition) is 9. The van der Waals surface area contributed by atoms with Crippen LogP contribution in [-0.2, 0) is 9.26 Å². The molecule has 2 atom stereocenters. The Morgan fingerprint density at radius 3 is 2.89 bits per heavy atom. The second kappa shape index (κ2) is 8.07. The molecule has 3 aromatic rings. The molecule has 0 saturated heterocycles. The molecule has 28 heavy (non-hydrogen) atoms. The molecular formula is C16H23N8O3P. The monoisotopic (exact) mass is 406 g/mol. The Morgan fingerprint density at radius 1 is 1.39 bits per heavy atom. The summed E-state index contributed by atoms with van der Waals surface area (Å²) in [5.41, 5.74) is 7.65. The van der Waals surface area contributed by atoms with Crippen LogP contribution in [0.5, 0.6) is 0 Å². The van der Waals surface area contributed by atoms with Crippen molar-refractivity contribution in [1.82, 2.24) is 30.3 Å². The molecule has 0 spiro atoms.